The third-order valence-corrected chi connectivity index (χ3v) is 3.61. The van der Waals surface area contributed by atoms with Gasteiger partial charge in [0.25, 0.3) is 0 Å². The lowest BCUT2D eigenvalue weighted by molar-refractivity contribution is 0.414. The van der Waals surface area contributed by atoms with E-state index in [1.807, 2.05) is 12.1 Å². The number of nitrogens with one attached hydrogen (secondary N) is 1. The molecular formula is C17H25NO. The van der Waals surface area contributed by atoms with Gasteiger partial charge in [-0.1, -0.05) is 23.8 Å². The van der Waals surface area contributed by atoms with Crippen molar-refractivity contribution in [2.24, 2.45) is 0 Å². The average molecular weight is 259 g/mol. The van der Waals surface area contributed by atoms with E-state index in [-0.39, 0.29) is 0 Å². The van der Waals surface area contributed by atoms with E-state index < -0.39 is 0 Å². The number of methoxy groups -OCH3 is 1. The van der Waals surface area contributed by atoms with Crippen molar-refractivity contribution in [2.75, 3.05) is 13.7 Å². The topological polar surface area (TPSA) is 21.3 Å². The third kappa shape index (κ3) is 5.48. The fraction of sp³-hybridized carbons (Fsp3) is 0.529. The maximum Gasteiger partial charge on any atom is 0.118 e. The molecule has 0 spiro atoms. The summed E-state index contributed by atoms with van der Waals surface area (Å²) in [4.78, 5) is 0. The lowest BCUT2D eigenvalue weighted by Gasteiger charge is -2.05. The first kappa shape index (κ1) is 14.1. The van der Waals surface area contributed by atoms with Gasteiger partial charge in [0, 0.05) is 6.04 Å². The lowest BCUT2D eigenvalue weighted by atomic mass is 10.0. The summed E-state index contributed by atoms with van der Waals surface area (Å²) in [7, 11) is 1.71. The standard InChI is InChI=1S/C17H25NO/c1-14(4-3-13-18-16-9-10-16)5-6-15-7-11-17(19-2)12-8-15/h4,7-8,11-12,16,18H,3,5-6,9-10,13H2,1-2H3. The van der Waals surface area contributed by atoms with E-state index in [1.165, 1.54) is 24.0 Å². The largest absolute Gasteiger partial charge is 0.497 e. The summed E-state index contributed by atoms with van der Waals surface area (Å²) >= 11 is 0. The zero-order valence-electron chi connectivity index (χ0n) is 12.1. The summed E-state index contributed by atoms with van der Waals surface area (Å²) in [5, 5.41) is 3.54. The number of rotatable bonds is 8. The van der Waals surface area contributed by atoms with Crippen molar-refractivity contribution < 1.29 is 4.74 Å². The van der Waals surface area contributed by atoms with Crippen molar-refractivity contribution in [3.05, 3.63) is 41.5 Å². The van der Waals surface area contributed by atoms with Crippen LogP contribution in [0.1, 0.15) is 38.2 Å². The summed E-state index contributed by atoms with van der Waals surface area (Å²) in [5.74, 6) is 0.933. The van der Waals surface area contributed by atoms with E-state index in [2.05, 4.69) is 30.4 Å². The van der Waals surface area contributed by atoms with Crippen LogP contribution < -0.4 is 10.1 Å². The third-order valence-electron chi connectivity index (χ3n) is 3.61. The number of aryl methyl sites for hydroxylation is 1. The molecule has 1 fully saturated rings. The molecule has 0 bridgehead atoms. The molecule has 1 aliphatic carbocycles. The second kappa shape index (κ2) is 7.34. The van der Waals surface area contributed by atoms with Crippen LogP contribution in [0.25, 0.3) is 0 Å². The molecule has 1 aromatic carbocycles. The summed E-state index contributed by atoms with van der Waals surface area (Å²) in [6.07, 6.45) is 8.54. The van der Waals surface area contributed by atoms with E-state index in [4.69, 9.17) is 4.74 Å². The first-order chi connectivity index (χ1) is 9.28. The highest BCUT2D eigenvalue weighted by atomic mass is 16.5. The normalized spacial score (nSPS) is 15.6. The van der Waals surface area contributed by atoms with Crippen LogP contribution in [-0.2, 0) is 6.42 Å². The maximum atomic E-state index is 5.17. The minimum atomic E-state index is 0.827. The van der Waals surface area contributed by atoms with Crippen LogP contribution in [0.4, 0.5) is 0 Å². The molecule has 0 aliphatic heterocycles. The Bertz CT molecular complexity index is 404. The SMILES string of the molecule is COc1ccc(CCC(C)=CCCNC2CC2)cc1. The number of benzene rings is 1. The summed E-state index contributed by atoms with van der Waals surface area (Å²) in [5.41, 5.74) is 2.87. The number of allylic oxidation sites excluding steroid dienone is 1. The zero-order valence-corrected chi connectivity index (χ0v) is 12.1. The van der Waals surface area contributed by atoms with Crippen molar-refractivity contribution >= 4 is 0 Å². The van der Waals surface area contributed by atoms with Crippen molar-refractivity contribution in [1.29, 1.82) is 0 Å². The Morgan fingerprint density at radius 2 is 2.05 bits per heavy atom. The molecule has 1 aliphatic rings. The van der Waals surface area contributed by atoms with Gasteiger partial charge in [0.05, 0.1) is 7.11 Å². The molecule has 0 aromatic heterocycles. The Labute approximate surface area is 116 Å². The molecule has 0 atom stereocenters. The first-order valence-corrected chi connectivity index (χ1v) is 7.30. The molecule has 1 saturated carbocycles. The number of ether oxygens (including phenoxy) is 1. The first-order valence-electron chi connectivity index (χ1n) is 7.30. The van der Waals surface area contributed by atoms with Crippen LogP contribution in [0.3, 0.4) is 0 Å². The highest BCUT2D eigenvalue weighted by molar-refractivity contribution is 5.27. The van der Waals surface area contributed by atoms with E-state index in [0.717, 1.165) is 37.6 Å². The van der Waals surface area contributed by atoms with Gasteiger partial charge >= 0.3 is 0 Å². The van der Waals surface area contributed by atoms with Gasteiger partial charge in [-0.05, 0) is 63.3 Å². The van der Waals surface area contributed by atoms with Crippen LogP contribution in [0.15, 0.2) is 35.9 Å². The maximum absolute atomic E-state index is 5.17. The zero-order chi connectivity index (χ0) is 13.5. The van der Waals surface area contributed by atoms with Gasteiger partial charge in [-0.15, -0.1) is 0 Å². The van der Waals surface area contributed by atoms with Gasteiger partial charge < -0.3 is 10.1 Å². The van der Waals surface area contributed by atoms with Gasteiger partial charge in [0.2, 0.25) is 0 Å². The van der Waals surface area contributed by atoms with Crippen molar-refractivity contribution in [3.63, 3.8) is 0 Å². The predicted molar refractivity (Wildman–Crippen MR) is 80.7 cm³/mol. The minimum absolute atomic E-state index is 0.827. The van der Waals surface area contributed by atoms with E-state index in [0.29, 0.717) is 0 Å². The molecule has 104 valence electrons. The van der Waals surface area contributed by atoms with E-state index in [9.17, 15) is 0 Å². The molecule has 2 nitrogen and oxygen atoms in total. The molecule has 2 rings (SSSR count). The second-order valence-corrected chi connectivity index (χ2v) is 5.42. The van der Waals surface area contributed by atoms with E-state index in [1.54, 1.807) is 7.11 Å². The minimum Gasteiger partial charge on any atom is -0.497 e. The molecule has 0 saturated heterocycles. The smallest absolute Gasteiger partial charge is 0.118 e. The highest BCUT2D eigenvalue weighted by Gasteiger charge is 2.19. The van der Waals surface area contributed by atoms with Crippen molar-refractivity contribution in [1.82, 2.24) is 5.32 Å². The molecule has 0 radical (unpaired) electrons. The molecule has 1 N–H and O–H groups in total. The molecular weight excluding hydrogens is 234 g/mol. The van der Waals surface area contributed by atoms with Gasteiger partial charge in [0.15, 0.2) is 0 Å². The predicted octanol–water partition coefficient (Wildman–Crippen LogP) is 3.72. The van der Waals surface area contributed by atoms with Gasteiger partial charge in [-0.3, -0.25) is 0 Å². The molecule has 19 heavy (non-hydrogen) atoms. The van der Waals surface area contributed by atoms with Crippen molar-refractivity contribution in [2.45, 2.75) is 45.1 Å². The monoisotopic (exact) mass is 259 g/mol. The van der Waals surface area contributed by atoms with Crippen molar-refractivity contribution in [3.8, 4) is 5.75 Å². The van der Waals surface area contributed by atoms with Crippen LogP contribution in [-0.4, -0.2) is 19.7 Å². The summed E-state index contributed by atoms with van der Waals surface area (Å²) in [6, 6.07) is 9.21. The Morgan fingerprint density at radius 3 is 2.68 bits per heavy atom. The van der Waals surface area contributed by atoms with Crippen LogP contribution >= 0.6 is 0 Å². The van der Waals surface area contributed by atoms with Crippen LogP contribution in [0.5, 0.6) is 5.75 Å². The summed E-state index contributed by atoms with van der Waals surface area (Å²) in [6.45, 7) is 3.37. The molecule has 0 amide bonds. The number of hydrogen-bond acceptors (Lipinski definition) is 2. The average Bonchev–Trinajstić information content (AvgIpc) is 3.26. The summed E-state index contributed by atoms with van der Waals surface area (Å²) < 4.78 is 5.17. The second-order valence-electron chi connectivity index (χ2n) is 5.42. The molecule has 0 heterocycles. The van der Waals surface area contributed by atoms with Gasteiger partial charge in [0.1, 0.15) is 5.75 Å². The Morgan fingerprint density at radius 1 is 1.32 bits per heavy atom. The quantitative estimate of drug-likeness (QED) is 0.567. The highest BCUT2D eigenvalue weighted by Crippen LogP contribution is 2.18. The van der Waals surface area contributed by atoms with Gasteiger partial charge in [-0.25, -0.2) is 0 Å². The van der Waals surface area contributed by atoms with Crippen LogP contribution in [0, 0.1) is 0 Å². The Kier molecular flexibility index (Phi) is 5.46. The lowest BCUT2D eigenvalue weighted by Crippen LogP contribution is -2.16. The molecule has 1 aromatic rings. The molecule has 0 unspecified atom stereocenters. The fourth-order valence-electron chi connectivity index (χ4n) is 2.13. The molecule has 2 heteroatoms. The van der Waals surface area contributed by atoms with Crippen LogP contribution in [0.2, 0.25) is 0 Å². The Hall–Kier alpha value is -1.28. The van der Waals surface area contributed by atoms with Gasteiger partial charge in [-0.2, -0.15) is 0 Å². The Balaban J connectivity index is 1.65. The fourth-order valence-corrected chi connectivity index (χ4v) is 2.13. The van der Waals surface area contributed by atoms with E-state index >= 15 is 0 Å². The number of hydrogen-bond donors (Lipinski definition) is 1.